The zero-order valence-corrected chi connectivity index (χ0v) is 13.9. The second-order valence-corrected chi connectivity index (χ2v) is 5.38. The van der Waals surface area contributed by atoms with Gasteiger partial charge in [0.15, 0.2) is 5.78 Å². The highest BCUT2D eigenvalue weighted by Gasteiger charge is 2.09. The standard InChI is InChI=1S/C22H18O3/c1-24-19-12-14-20(15-13-19)25-22(18-10-6-3-7-11-18)16-21(23)17-8-4-2-5-9-17/h2-16H,1H3/b22-16+. The molecule has 0 heterocycles. The molecule has 0 N–H and O–H groups in total. The maximum atomic E-state index is 12.5. The third-order valence-corrected chi connectivity index (χ3v) is 3.67. The van der Waals surface area contributed by atoms with Crippen LogP contribution in [0.4, 0.5) is 0 Å². The molecule has 124 valence electrons. The molecule has 3 aromatic carbocycles. The summed E-state index contributed by atoms with van der Waals surface area (Å²) in [4.78, 5) is 12.5. The van der Waals surface area contributed by atoms with E-state index >= 15 is 0 Å². The number of carbonyl (C=O) groups excluding carboxylic acids is 1. The number of ether oxygens (including phenoxy) is 2. The van der Waals surface area contributed by atoms with E-state index in [1.54, 1.807) is 19.2 Å². The summed E-state index contributed by atoms with van der Waals surface area (Å²) >= 11 is 0. The number of benzene rings is 3. The van der Waals surface area contributed by atoms with Crippen LogP contribution in [0.5, 0.6) is 11.5 Å². The van der Waals surface area contributed by atoms with Crippen LogP contribution in [0, 0.1) is 0 Å². The number of rotatable bonds is 6. The van der Waals surface area contributed by atoms with Crippen molar-refractivity contribution in [2.24, 2.45) is 0 Å². The minimum Gasteiger partial charge on any atom is -0.497 e. The Morgan fingerprint density at radius 2 is 1.24 bits per heavy atom. The van der Waals surface area contributed by atoms with Crippen LogP contribution in [-0.2, 0) is 0 Å². The Morgan fingerprint density at radius 3 is 1.80 bits per heavy atom. The van der Waals surface area contributed by atoms with Gasteiger partial charge in [-0.2, -0.15) is 0 Å². The molecular weight excluding hydrogens is 312 g/mol. The number of hydrogen-bond donors (Lipinski definition) is 0. The van der Waals surface area contributed by atoms with Crippen LogP contribution in [0.15, 0.2) is 91.0 Å². The minimum atomic E-state index is -0.104. The summed E-state index contributed by atoms with van der Waals surface area (Å²) in [5.41, 5.74) is 1.46. The van der Waals surface area contributed by atoms with E-state index in [0.717, 1.165) is 11.3 Å². The quantitative estimate of drug-likeness (QED) is 0.362. The van der Waals surface area contributed by atoms with Crippen molar-refractivity contribution >= 4 is 11.5 Å². The average Bonchev–Trinajstić information content (AvgIpc) is 2.69. The molecule has 0 saturated heterocycles. The Kier molecular flexibility index (Phi) is 5.27. The van der Waals surface area contributed by atoms with Crippen molar-refractivity contribution in [3.05, 3.63) is 102 Å². The maximum Gasteiger partial charge on any atom is 0.189 e. The van der Waals surface area contributed by atoms with E-state index in [2.05, 4.69) is 0 Å². The number of carbonyl (C=O) groups is 1. The van der Waals surface area contributed by atoms with Gasteiger partial charge in [-0.25, -0.2) is 0 Å². The fraction of sp³-hybridized carbons (Fsp3) is 0.0455. The number of methoxy groups -OCH3 is 1. The summed E-state index contributed by atoms with van der Waals surface area (Å²) in [7, 11) is 1.61. The smallest absolute Gasteiger partial charge is 0.189 e. The fourth-order valence-corrected chi connectivity index (χ4v) is 2.35. The molecule has 0 fully saturated rings. The second-order valence-electron chi connectivity index (χ2n) is 5.38. The van der Waals surface area contributed by atoms with Crippen molar-refractivity contribution in [2.75, 3.05) is 7.11 Å². The van der Waals surface area contributed by atoms with Crippen molar-refractivity contribution in [3.63, 3.8) is 0 Å². The highest BCUT2D eigenvalue weighted by molar-refractivity contribution is 6.08. The predicted octanol–water partition coefficient (Wildman–Crippen LogP) is 5.00. The van der Waals surface area contributed by atoms with Crippen LogP contribution in [0.3, 0.4) is 0 Å². The van der Waals surface area contributed by atoms with E-state index < -0.39 is 0 Å². The van der Waals surface area contributed by atoms with E-state index in [1.165, 1.54) is 6.08 Å². The van der Waals surface area contributed by atoms with Gasteiger partial charge in [-0.15, -0.1) is 0 Å². The molecule has 0 radical (unpaired) electrons. The first kappa shape index (κ1) is 16.5. The monoisotopic (exact) mass is 330 g/mol. The van der Waals surface area contributed by atoms with Crippen molar-refractivity contribution < 1.29 is 14.3 Å². The van der Waals surface area contributed by atoms with E-state index in [1.807, 2.05) is 72.8 Å². The van der Waals surface area contributed by atoms with Crippen LogP contribution < -0.4 is 9.47 Å². The second kappa shape index (κ2) is 7.97. The molecule has 0 aromatic heterocycles. The first-order valence-electron chi connectivity index (χ1n) is 7.94. The SMILES string of the molecule is COc1ccc(O/C(=C/C(=O)c2ccccc2)c2ccccc2)cc1. The average molecular weight is 330 g/mol. The largest absolute Gasteiger partial charge is 0.497 e. The van der Waals surface area contributed by atoms with Crippen LogP contribution in [0.1, 0.15) is 15.9 Å². The number of hydrogen-bond acceptors (Lipinski definition) is 3. The van der Waals surface area contributed by atoms with Gasteiger partial charge in [0.1, 0.15) is 17.3 Å². The molecule has 3 heteroatoms. The van der Waals surface area contributed by atoms with Crippen LogP contribution in [0.25, 0.3) is 5.76 Å². The summed E-state index contributed by atoms with van der Waals surface area (Å²) in [5.74, 6) is 1.78. The summed E-state index contributed by atoms with van der Waals surface area (Å²) < 4.78 is 11.1. The Morgan fingerprint density at radius 1 is 0.720 bits per heavy atom. The Labute approximate surface area is 147 Å². The number of ketones is 1. The lowest BCUT2D eigenvalue weighted by Gasteiger charge is -2.11. The molecule has 0 aliphatic carbocycles. The molecule has 0 spiro atoms. The first-order chi connectivity index (χ1) is 12.3. The van der Waals surface area contributed by atoms with Gasteiger partial charge in [-0.1, -0.05) is 60.7 Å². The first-order valence-corrected chi connectivity index (χ1v) is 7.94. The molecular formula is C22H18O3. The Balaban J connectivity index is 1.92. The molecule has 0 aliphatic heterocycles. The normalized spacial score (nSPS) is 11.0. The predicted molar refractivity (Wildman–Crippen MR) is 98.8 cm³/mol. The molecule has 0 saturated carbocycles. The van der Waals surface area contributed by atoms with Gasteiger partial charge in [0.25, 0.3) is 0 Å². The van der Waals surface area contributed by atoms with E-state index in [0.29, 0.717) is 17.1 Å². The zero-order chi connectivity index (χ0) is 17.5. The van der Waals surface area contributed by atoms with Gasteiger partial charge in [0, 0.05) is 17.2 Å². The Hall–Kier alpha value is -3.33. The lowest BCUT2D eigenvalue weighted by atomic mass is 10.1. The molecule has 3 rings (SSSR count). The number of allylic oxidation sites excluding steroid dienone is 1. The lowest BCUT2D eigenvalue weighted by Crippen LogP contribution is -2.01. The summed E-state index contributed by atoms with van der Waals surface area (Å²) in [6, 6.07) is 26.0. The maximum absolute atomic E-state index is 12.5. The van der Waals surface area contributed by atoms with Gasteiger partial charge in [-0.3, -0.25) is 4.79 Å². The lowest BCUT2D eigenvalue weighted by molar-refractivity contribution is 0.104. The molecule has 0 unspecified atom stereocenters. The van der Waals surface area contributed by atoms with Crippen molar-refractivity contribution in [3.8, 4) is 11.5 Å². The molecule has 3 aromatic rings. The summed E-state index contributed by atoms with van der Waals surface area (Å²) in [6.07, 6.45) is 1.52. The van der Waals surface area contributed by atoms with Crippen molar-refractivity contribution in [1.82, 2.24) is 0 Å². The minimum absolute atomic E-state index is 0.104. The highest BCUT2D eigenvalue weighted by atomic mass is 16.5. The van der Waals surface area contributed by atoms with Gasteiger partial charge in [0.05, 0.1) is 7.11 Å². The van der Waals surface area contributed by atoms with Crippen LogP contribution in [0.2, 0.25) is 0 Å². The Bertz CT molecular complexity index is 851. The molecule has 0 atom stereocenters. The van der Waals surface area contributed by atoms with Crippen LogP contribution >= 0.6 is 0 Å². The van der Waals surface area contributed by atoms with Crippen molar-refractivity contribution in [2.45, 2.75) is 0 Å². The van der Waals surface area contributed by atoms with E-state index in [4.69, 9.17) is 9.47 Å². The molecule has 3 nitrogen and oxygen atoms in total. The molecule has 0 amide bonds. The molecule has 0 aliphatic rings. The van der Waals surface area contributed by atoms with E-state index in [9.17, 15) is 4.79 Å². The van der Waals surface area contributed by atoms with Gasteiger partial charge < -0.3 is 9.47 Å². The van der Waals surface area contributed by atoms with E-state index in [-0.39, 0.29) is 5.78 Å². The van der Waals surface area contributed by atoms with Crippen LogP contribution in [-0.4, -0.2) is 12.9 Å². The topological polar surface area (TPSA) is 35.5 Å². The molecule has 25 heavy (non-hydrogen) atoms. The fourth-order valence-electron chi connectivity index (χ4n) is 2.35. The van der Waals surface area contributed by atoms with Crippen molar-refractivity contribution in [1.29, 1.82) is 0 Å². The summed E-state index contributed by atoms with van der Waals surface area (Å²) in [6.45, 7) is 0. The highest BCUT2D eigenvalue weighted by Crippen LogP contribution is 2.24. The summed E-state index contributed by atoms with van der Waals surface area (Å²) in [5, 5.41) is 0. The van der Waals surface area contributed by atoms with Gasteiger partial charge in [-0.05, 0) is 24.3 Å². The third-order valence-electron chi connectivity index (χ3n) is 3.67. The van der Waals surface area contributed by atoms with Gasteiger partial charge in [0.2, 0.25) is 0 Å². The zero-order valence-electron chi connectivity index (χ0n) is 13.9. The van der Waals surface area contributed by atoms with Gasteiger partial charge >= 0.3 is 0 Å². The molecule has 0 bridgehead atoms. The third kappa shape index (κ3) is 4.36.